The fourth-order valence-corrected chi connectivity index (χ4v) is 4.13. The van der Waals surface area contributed by atoms with E-state index >= 15 is 0 Å². The maximum absolute atomic E-state index is 13.5. The number of carbonyl (C=O) groups excluding carboxylic acids is 2. The van der Waals surface area contributed by atoms with Gasteiger partial charge in [0.05, 0.1) is 24.5 Å². The Balaban J connectivity index is 1.41. The van der Waals surface area contributed by atoms with Gasteiger partial charge in [0.1, 0.15) is 18.1 Å². The molecular weight excluding hydrogens is 416 g/mol. The first-order chi connectivity index (χ1) is 16.2. The van der Waals surface area contributed by atoms with Crippen LogP contribution in [-0.2, 0) is 20.9 Å². The second-order valence-electron chi connectivity index (χ2n) is 7.90. The number of rotatable bonds is 6. The Kier molecular flexibility index (Phi) is 5.91. The van der Waals surface area contributed by atoms with Crippen LogP contribution in [0.4, 0.5) is 5.69 Å². The molecule has 0 atom stereocenters. The topological polar surface area (TPSA) is 59.1 Å². The predicted molar refractivity (Wildman–Crippen MR) is 125 cm³/mol. The van der Waals surface area contributed by atoms with Gasteiger partial charge in [-0.1, -0.05) is 60.7 Å². The monoisotopic (exact) mass is 440 g/mol. The minimum atomic E-state index is -0.314. The number of nitrogens with zero attached hydrogens (tertiary/aromatic N) is 2. The van der Waals surface area contributed by atoms with Crippen molar-refractivity contribution in [1.82, 2.24) is 4.90 Å². The van der Waals surface area contributed by atoms with Crippen molar-refractivity contribution in [2.45, 2.75) is 6.61 Å². The number of imide groups is 1. The van der Waals surface area contributed by atoms with Gasteiger partial charge in [-0.2, -0.15) is 0 Å². The number of morpholine rings is 1. The van der Waals surface area contributed by atoms with Gasteiger partial charge in [0.2, 0.25) is 0 Å². The van der Waals surface area contributed by atoms with Crippen LogP contribution in [0.5, 0.6) is 5.75 Å². The number of amides is 2. The van der Waals surface area contributed by atoms with Gasteiger partial charge >= 0.3 is 0 Å². The van der Waals surface area contributed by atoms with Crippen LogP contribution < -0.4 is 9.64 Å². The minimum Gasteiger partial charge on any atom is -0.489 e. The average molecular weight is 440 g/mol. The van der Waals surface area contributed by atoms with Crippen LogP contribution >= 0.6 is 0 Å². The zero-order chi connectivity index (χ0) is 22.6. The van der Waals surface area contributed by atoms with E-state index in [0.29, 0.717) is 55.6 Å². The Morgan fingerprint density at radius 3 is 2.06 bits per heavy atom. The van der Waals surface area contributed by atoms with Gasteiger partial charge in [-0.25, -0.2) is 4.90 Å². The molecule has 6 nitrogen and oxygen atoms in total. The van der Waals surface area contributed by atoms with Crippen molar-refractivity contribution in [3.8, 4) is 5.75 Å². The average Bonchev–Trinajstić information content (AvgIpc) is 3.14. The summed E-state index contributed by atoms with van der Waals surface area (Å²) in [7, 11) is 0. The molecular formula is C27H24N2O4. The number of anilines is 1. The highest BCUT2D eigenvalue weighted by molar-refractivity contribution is 6.45. The molecule has 3 aromatic carbocycles. The van der Waals surface area contributed by atoms with Crippen LogP contribution in [0.15, 0.2) is 90.6 Å². The van der Waals surface area contributed by atoms with E-state index in [1.54, 1.807) is 24.3 Å². The molecule has 33 heavy (non-hydrogen) atoms. The molecule has 0 aromatic heterocycles. The normalized spacial score (nSPS) is 16.5. The summed E-state index contributed by atoms with van der Waals surface area (Å²) in [6.07, 6.45) is 0. The summed E-state index contributed by atoms with van der Waals surface area (Å²) in [4.78, 5) is 30.3. The van der Waals surface area contributed by atoms with E-state index in [4.69, 9.17) is 9.47 Å². The molecule has 6 heteroatoms. The van der Waals surface area contributed by atoms with Crippen molar-refractivity contribution in [2.24, 2.45) is 0 Å². The van der Waals surface area contributed by atoms with Gasteiger partial charge in [0.15, 0.2) is 0 Å². The highest BCUT2D eigenvalue weighted by atomic mass is 16.5. The zero-order valence-electron chi connectivity index (χ0n) is 18.1. The van der Waals surface area contributed by atoms with E-state index in [2.05, 4.69) is 0 Å². The van der Waals surface area contributed by atoms with Gasteiger partial charge in [-0.15, -0.1) is 0 Å². The highest BCUT2D eigenvalue weighted by Gasteiger charge is 2.42. The number of ether oxygens (including phenoxy) is 2. The number of carbonyl (C=O) groups is 2. The van der Waals surface area contributed by atoms with E-state index in [1.165, 1.54) is 4.90 Å². The Bertz CT molecular complexity index is 1170. The predicted octanol–water partition coefficient (Wildman–Crippen LogP) is 3.88. The summed E-state index contributed by atoms with van der Waals surface area (Å²) in [5.74, 6) is 0.0516. The lowest BCUT2D eigenvalue weighted by Gasteiger charge is -2.29. The maximum Gasteiger partial charge on any atom is 0.282 e. The van der Waals surface area contributed by atoms with Gasteiger partial charge in [0, 0.05) is 13.1 Å². The van der Waals surface area contributed by atoms with Gasteiger partial charge in [-0.05, 0) is 35.4 Å². The zero-order valence-corrected chi connectivity index (χ0v) is 18.1. The van der Waals surface area contributed by atoms with Gasteiger partial charge in [-0.3, -0.25) is 9.59 Å². The molecule has 0 saturated carbocycles. The van der Waals surface area contributed by atoms with Crippen molar-refractivity contribution in [1.29, 1.82) is 0 Å². The molecule has 2 amide bonds. The molecule has 3 aromatic rings. The molecule has 2 aliphatic heterocycles. The summed E-state index contributed by atoms with van der Waals surface area (Å²) in [5.41, 5.74) is 3.21. The van der Waals surface area contributed by atoms with Gasteiger partial charge < -0.3 is 14.4 Å². The number of hydrogen-bond donors (Lipinski definition) is 0. The number of benzene rings is 3. The summed E-state index contributed by atoms with van der Waals surface area (Å²) in [6.45, 7) is 2.65. The summed E-state index contributed by atoms with van der Waals surface area (Å²) in [5, 5.41) is 0. The first-order valence-corrected chi connectivity index (χ1v) is 11.0. The smallest absolute Gasteiger partial charge is 0.282 e. The molecule has 2 heterocycles. The van der Waals surface area contributed by atoms with Crippen molar-refractivity contribution in [3.63, 3.8) is 0 Å². The van der Waals surface area contributed by atoms with E-state index < -0.39 is 0 Å². The molecule has 0 unspecified atom stereocenters. The molecule has 0 aliphatic carbocycles. The Morgan fingerprint density at radius 1 is 0.758 bits per heavy atom. The van der Waals surface area contributed by atoms with Gasteiger partial charge in [0.25, 0.3) is 11.8 Å². The maximum atomic E-state index is 13.5. The van der Waals surface area contributed by atoms with Crippen LogP contribution in [0.2, 0.25) is 0 Å². The van der Waals surface area contributed by atoms with E-state index in [9.17, 15) is 9.59 Å². The molecule has 5 rings (SSSR count). The third kappa shape index (κ3) is 4.25. The van der Waals surface area contributed by atoms with E-state index in [0.717, 1.165) is 11.1 Å². The van der Waals surface area contributed by atoms with Crippen molar-refractivity contribution in [3.05, 3.63) is 102 Å². The fraction of sp³-hybridized carbons (Fsp3) is 0.185. The standard InChI is InChI=1S/C27H24N2O4/c30-26-24(21-9-5-2-6-10-21)25(28-15-17-32-18-16-28)27(31)29(26)22-11-13-23(14-12-22)33-19-20-7-3-1-4-8-20/h1-14H,15-19H2. The van der Waals surface area contributed by atoms with E-state index in [-0.39, 0.29) is 11.8 Å². The molecule has 0 spiro atoms. The first kappa shape index (κ1) is 21.0. The van der Waals surface area contributed by atoms with Crippen LogP contribution in [-0.4, -0.2) is 43.0 Å². The van der Waals surface area contributed by atoms with Crippen LogP contribution in [0.1, 0.15) is 11.1 Å². The summed E-state index contributed by atoms with van der Waals surface area (Å²) < 4.78 is 11.3. The molecule has 1 fully saturated rings. The van der Waals surface area contributed by atoms with Crippen molar-refractivity contribution < 1.29 is 19.1 Å². The van der Waals surface area contributed by atoms with Crippen LogP contribution in [0.25, 0.3) is 5.57 Å². The Labute approximate surface area is 192 Å². The quantitative estimate of drug-likeness (QED) is 0.545. The van der Waals surface area contributed by atoms with Crippen LogP contribution in [0.3, 0.4) is 0 Å². The lowest BCUT2D eigenvalue weighted by Crippen LogP contribution is -2.40. The third-order valence-corrected chi connectivity index (χ3v) is 5.79. The van der Waals surface area contributed by atoms with Crippen molar-refractivity contribution in [2.75, 3.05) is 31.2 Å². The lowest BCUT2D eigenvalue weighted by molar-refractivity contribution is -0.121. The highest BCUT2D eigenvalue weighted by Crippen LogP contribution is 2.35. The molecule has 0 radical (unpaired) electrons. The third-order valence-electron chi connectivity index (χ3n) is 5.79. The molecule has 2 aliphatic rings. The molecule has 1 saturated heterocycles. The molecule has 0 N–H and O–H groups in total. The fourth-order valence-electron chi connectivity index (χ4n) is 4.13. The second-order valence-corrected chi connectivity index (χ2v) is 7.90. The number of hydrogen-bond acceptors (Lipinski definition) is 5. The molecule has 0 bridgehead atoms. The largest absolute Gasteiger partial charge is 0.489 e. The summed E-state index contributed by atoms with van der Waals surface area (Å²) >= 11 is 0. The molecule has 166 valence electrons. The Hall–Kier alpha value is -3.90. The Morgan fingerprint density at radius 2 is 1.39 bits per heavy atom. The first-order valence-electron chi connectivity index (χ1n) is 11.0. The summed E-state index contributed by atoms with van der Waals surface area (Å²) in [6, 6.07) is 26.3. The SMILES string of the molecule is O=C1C(c2ccccc2)=C(N2CCOCC2)C(=O)N1c1ccc(OCc2ccccc2)cc1. The minimum absolute atomic E-state index is 0.307. The second kappa shape index (κ2) is 9.30. The lowest BCUT2D eigenvalue weighted by atomic mass is 10.0. The van der Waals surface area contributed by atoms with Crippen LogP contribution in [0, 0.1) is 0 Å². The van der Waals surface area contributed by atoms with Crippen molar-refractivity contribution >= 4 is 23.1 Å². The van der Waals surface area contributed by atoms with E-state index in [1.807, 2.05) is 65.6 Å².